The molecule has 5 nitrogen and oxygen atoms in total. The number of anilines is 1. The highest BCUT2D eigenvalue weighted by atomic mass is 35.5. The van der Waals surface area contributed by atoms with Crippen molar-refractivity contribution < 1.29 is 9.59 Å². The van der Waals surface area contributed by atoms with Crippen LogP contribution in [0.4, 0.5) is 5.69 Å². The summed E-state index contributed by atoms with van der Waals surface area (Å²) in [7, 11) is 0. The maximum Gasteiger partial charge on any atom is 0.251 e. The first-order chi connectivity index (χ1) is 13.1. The summed E-state index contributed by atoms with van der Waals surface area (Å²) in [6.45, 7) is 0. The fourth-order valence-corrected chi connectivity index (χ4v) is 5.29. The summed E-state index contributed by atoms with van der Waals surface area (Å²) >= 11 is 0. The zero-order valence-corrected chi connectivity index (χ0v) is 17.2. The molecule has 28 heavy (non-hydrogen) atoms. The number of halogens is 1. The van der Waals surface area contributed by atoms with Gasteiger partial charge in [-0.2, -0.15) is 0 Å². The van der Waals surface area contributed by atoms with Crippen molar-refractivity contribution in [1.29, 1.82) is 0 Å². The van der Waals surface area contributed by atoms with Gasteiger partial charge < -0.3 is 16.4 Å². The summed E-state index contributed by atoms with van der Waals surface area (Å²) in [5.74, 6) is 1.13. The lowest BCUT2D eigenvalue weighted by Gasteiger charge is -2.43. The molecule has 4 N–H and O–H groups in total. The average Bonchev–Trinajstić information content (AvgIpc) is 3.15. The van der Waals surface area contributed by atoms with Gasteiger partial charge in [-0.3, -0.25) is 9.59 Å². The Bertz CT molecular complexity index is 674. The Morgan fingerprint density at radius 3 is 2.11 bits per heavy atom. The second-order valence-electron chi connectivity index (χ2n) is 8.72. The molecule has 0 spiro atoms. The van der Waals surface area contributed by atoms with Crippen molar-refractivity contribution in [3.05, 3.63) is 29.8 Å². The van der Waals surface area contributed by atoms with Crippen LogP contribution in [-0.4, -0.2) is 23.9 Å². The SMILES string of the molecule is Cl.NC1C2CCCC1CC(C(=O)Nc1ccc(C(=O)NC3CCCC3)cc1)C2. The highest BCUT2D eigenvalue weighted by molar-refractivity contribution is 5.96. The van der Waals surface area contributed by atoms with Crippen LogP contribution in [0, 0.1) is 17.8 Å². The molecule has 154 valence electrons. The Kier molecular flexibility index (Phi) is 7.00. The van der Waals surface area contributed by atoms with Crippen molar-refractivity contribution >= 4 is 29.9 Å². The van der Waals surface area contributed by atoms with Gasteiger partial charge in [-0.15, -0.1) is 12.4 Å². The number of fused-ring (bicyclic) bond motifs is 2. The quantitative estimate of drug-likeness (QED) is 0.710. The zero-order chi connectivity index (χ0) is 18.8. The molecule has 3 aliphatic carbocycles. The van der Waals surface area contributed by atoms with Gasteiger partial charge in [0.2, 0.25) is 5.91 Å². The number of carbonyl (C=O) groups is 2. The van der Waals surface area contributed by atoms with Gasteiger partial charge in [-0.25, -0.2) is 0 Å². The lowest BCUT2D eigenvalue weighted by atomic mass is 9.65. The van der Waals surface area contributed by atoms with Crippen LogP contribution >= 0.6 is 12.4 Å². The number of hydrogen-bond donors (Lipinski definition) is 3. The molecular formula is C22H32ClN3O2. The second kappa shape index (κ2) is 9.27. The smallest absolute Gasteiger partial charge is 0.251 e. The number of nitrogens with one attached hydrogen (secondary N) is 2. The van der Waals surface area contributed by atoms with Crippen molar-refractivity contribution in [3.8, 4) is 0 Å². The number of carbonyl (C=O) groups excluding carboxylic acids is 2. The molecule has 0 heterocycles. The fraction of sp³-hybridized carbons (Fsp3) is 0.636. The molecule has 2 bridgehead atoms. The third kappa shape index (κ3) is 4.69. The van der Waals surface area contributed by atoms with Gasteiger partial charge in [0, 0.05) is 29.3 Å². The molecule has 0 aliphatic heterocycles. The molecule has 6 heteroatoms. The number of hydrogen-bond acceptors (Lipinski definition) is 3. The summed E-state index contributed by atoms with van der Waals surface area (Å²) in [4.78, 5) is 25.0. The Labute approximate surface area is 173 Å². The monoisotopic (exact) mass is 405 g/mol. The highest BCUT2D eigenvalue weighted by Crippen LogP contribution is 2.42. The molecule has 0 aromatic heterocycles. The molecule has 0 saturated heterocycles. The predicted octanol–water partition coefficient (Wildman–Crippen LogP) is 3.87. The molecule has 4 rings (SSSR count). The van der Waals surface area contributed by atoms with Gasteiger partial charge in [0.15, 0.2) is 0 Å². The van der Waals surface area contributed by atoms with E-state index in [9.17, 15) is 9.59 Å². The first kappa shape index (κ1) is 21.1. The summed E-state index contributed by atoms with van der Waals surface area (Å²) in [5, 5.41) is 6.14. The first-order valence-electron chi connectivity index (χ1n) is 10.6. The summed E-state index contributed by atoms with van der Waals surface area (Å²) in [6, 6.07) is 7.85. The van der Waals surface area contributed by atoms with Gasteiger partial charge >= 0.3 is 0 Å². The van der Waals surface area contributed by atoms with Gasteiger partial charge in [-0.1, -0.05) is 19.3 Å². The van der Waals surface area contributed by atoms with Gasteiger partial charge in [0.1, 0.15) is 0 Å². The van der Waals surface area contributed by atoms with Gasteiger partial charge in [0.25, 0.3) is 5.91 Å². The van der Waals surface area contributed by atoms with Crippen molar-refractivity contribution in [3.63, 3.8) is 0 Å². The largest absolute Gasteiger partial charge is 0.349 e. The minimum Gasteiger partial charge on any atom is -0.349 e. The number of amides is 2. The molecule has 1 aromatic rings. The lowest BCUT2D eigenvalue weighted by Crippen LogP contribution is -2.48. The molecule has 0 radical (unpaired) electrons. The van der Waals surface area contributed by atoms with Gasteiger partial charge in [-0.05, 0) is 74.6 Å². The van der Waals surface area contributed by atoms with E-state index in [0.717, 1.165) is 44.2 Å². The van der Waals surface area contributed by atoms with E-state index in [1.165, 1.54) is 19.3 Å². The van der Waals surface area contributed by atoms with Crippen LogP contribution < -0.4 is 16.4 Å². The highest BCUT2D eigenvalue weighted by Gasteiger charge is 2.40. The van der Waals surface area contributed by atoms with Crippen LogP contribution in [0.15, 0.2) is 24.3 Å². The maximum atomic E-state index is 12.7. The number of rotatable bonds is 4. The van der Waals surface area contributed by atoms with Crippen molar-refractivity contribution in [1.82, 2.24) is 5.32 Å². The maximum absolute atomic E-state index is 12.7. The van der Waals surface area contributed by atoms with E-state index in [-0.39, 0.29) is 36.2 Å². The van der Waals surface area contributed by atoms with Crippen LogP contribution in [0.2, 0.25) is 0 Å². The summed E-state index contributed by atoms with van der Waals surface area (Å²) < 4.78 is 0. The van der Waals surface area contributed by atoms with E-state index >= 15 is 0 Å². The van der Waals surface area contributed by atoms with E-state index in [0.29, 0.717) is 23.4 Å². The molecule has 3 fully saturated rings. The van der Waals surface area contributed by atoms with E-state index in [4.69, 9.17) is 5.73 Å². The third-order valence-electron chi connectivity index (χ3n) is 6.89. The Balaban J connectivity index is 0.00000225. The van der Waals surface area contributed by atoms with E-state index in [1.54, 1.807) is 12.1 Å². The van der Waals surface area contributed by atoms with E-state index < -0.39 is 0 Å². The Hall–Kier alpha value is -1.59. The second-order valence-corrected chi connectivity index (χ2v) is 8.72. The molecule has 3 saturated carbocycles. The lowest BCUT2D eigenvalue weighted by molar-refractivity contribution is -0.122. The van der Waals surface area contributed by atoms with E-state index in [2.05, 4.69) is 10.6 Å². The minimum absolute atomic E-state index is 0. The molecule has 3 aliphatic rings. The number of benzene rings is 1. The normalized spacial score (nSPS) is 29.6. The number of nitrogens with two attached hydrogens (primary N) is 1. The molecule has 2 unspecified atom stereocenters. The van der Waals surface area contributed by atoms with E-state index in [1.807, 2.05) is 12.1 Å². The van der Waals surface area contributed by atoms with Crippen LogP contribution in [-0.2, 0) is 4.79 Å². The third-order valence-corrected chi connectivity index (χ3v) is 6.89. The average molecular weight is 406 g/mol. The van der Waals surface area contributed by atoms with Crippen LogP contribution in [0.1, 0.15) is 68.1 Å². The molecular weight excluding hydrogens is 374 g/mol. The van der Waals surface area contributed by atoms with Crippen LogP contribution in [0.3, 0.4) is 0 Å². The standard InChI is InChI=1S/C22H31N3O2.ClH/c23-20-15-4-3-5-16(20)13-17(12-15)22(27)25-19-10-8-14(9-11-19)21(26)24-18-6-1-2-7-18;/h8-11,15-18,20H,1-7,12-13,23H2,(H,24,26)(H,25,27);1H. The first-order valence-corrected chi connectivity index (χ1v) is 10.6. The summed E-state index contributed by atoms with van der Waals surface area (Å²) in [5.41, 5.74) is 7.75. The van der Waals surface area contributed by atoms with Gasteiger partial charge in [0.05, 0.1) is 0 Å². The van der Waals surface area contributed by atoms with Crippen LogP contribution in [0.5, 0.6) is 0 Å². The zero-order valence-electron chi connectivity index (χ0n) is 16.4. The Morgan fingerprint density at radius 1 is 0.893 bits per heavy atom. The van der Waals surface area contributed by atoms with Crippen molar-refractivity contribution in [2.24, 2.45) is 23.5 Å². The molecule has 2 atom stereocenters. The molecule has 1 aromatic carbocycles. The fourth-order valence-electron chi connectivity index (χ4n) is 5.29. The predicted molar refractivity (Wildman–Crippen MR) is 114 cm³/mol. The van der Waals surface area contributed by atoms with Crippen molar-refractivity contribution in [2.45, 2.75) is 69.9 Å². The minimum atomic E-state index is -0.0196. The van der Waals surface area contributed by atoms with Crippen molar-refractivity contribution in [2.75, 3.05) is 5.32 Å². The summed E-state index contributed by atoms with van der Waals surface area (Å²) in [6.07, 6.45) is 9.93. The Morgan fingerprint density at radius 2 is 1.50 bits per heavy atom. The van der Waals surface area contributed by atoms with Crippen LogP contribution in [0.25, 0.3) is 0 Å². The molecule has 2 amide bonds. The topological polar surface area (TPSA) is 84.2 Å².